The number of fused-ring (bicyclic) bond motifs is 1. The summed E-state index contributed by atoms with van der Waals surface area (Å²) in [5, 5.41) is 29.6. The van der Waals surface area contributed by atoms with Crippen LogP contribution in [0.1, 0.15) is 10.4 Å². The zero-order valence-electron chi connectivity index (χ0n) is 10.7. The predicted molar refractivity (Wildman–Crippen MR) is 74.4 cm³/mol. The Hall–Kier alpha value is -2.58. The molecule has 2 aromatic rings. The predicted octanol–water partition coefficient (Wildman–Crippen LogP) is 1.21. The fourth-order valence-electron chi connectivity index (χ4n) is 2.07. The zero-order chi connectivity index (χ0) is 15.0. The molecule has 7 heteroatoms. The van der Waals surface area contributed by atoms with E-state index < -0.39 is 11.0 Å². The lowest BCUT2D eigenvalue weighted by Gasteiger charge is -2.14. The molecule has 0 saturated heterocycles. The van der Waals surface area contributed by atoms with Crippen LogP contribution < -0.4 is 10.3 Å². The lowest BCUT2D eigenvalue weighted by Crippen LogP contribution is -2.99. The van der Waals surface area contributed by atoms with Crippen LogP contribution in [0.5, 0.6) is 0 Å². The minimum absolute atomic E-state index is 0.0377. The number of Topliss-reactive ketones (excluding diaryl/α,β-unsaturated/α-hetero) is 1. The first-order valence-corrected chi connectivity index (χ1v) is 6.12. The van der Waals surface area contributed by atoms with Gasteiger partial charge in [0.2, 0.25) is 11.6 Å². The molecule has 21 heavy (non-hydrogen) atoms. The third-order valence-electron chi connectivity index (χ3n) is 3.12. The Labute approximate surface area is 119 Å². The molecular formula is C14H11N3O4. The molecule has 0 fully saturated rings. The van der Waals surface area contributed by atoms with E-state index in [1.54, 1.807) is 30.3 Å². The van der Waals surface area contributed by atoms with E-state index in [2.05, 4.69) is 4.99 Å². The number of quaternary nitrogens is 1. The second-order valence-corrected chi connectivity index (χ2v) is 4.45. The van der Waals surface area contributed by atoms with Crippen molar-refractivity contribution in [3.8, 4) is 0 Å². The van der Waals surface area contributed by atoms with Gasteiger partial charge in [0, 0.05) is 12.1 Å². The number of hydrogen-bond donors (Lipinski definition) is 3. The molecule has 1 aliphatic rings. The van der Waals surface area contributed by atoms with E-state index in [-0.39, 0.29) is 22.8 Å². The van der Waals surface area contributed by atoms with Crippen LogP contribution in [0.15, 0.2) is 53.5 Å². The molecule has 7 nitrogen and oxygen atoms in total. The van der Waals surface area contributed by atoms with Gasteiger partial charge in [-0.3, -0.25) is 10.0 Å². The Bertz CT molecular complexity index is 728. The van der Waals surface area contributed by atoms with Crippen molar-refractivity contribution in [2.24, 2.45) is 4.99 Å². The maximum Gasteiger partial charge on any atom is 0.232 e. The molecule has 1 atom stereocenters. The standard InChI is InChI=1S/C14H11N3O4/c18-13-11-7-6-10(17(20)21)8-12(11)15-14(13)16(19)9-4-2-1-3-5-9/h1-8,17,19-20H. The summed E-state index contributed by atoms with van der Waals surface area (Å²) in [6, 6.07) is 12.5. The summed E-state index contributed by atoms with van der Waals surface area (Å²) in [6.07, 6.45) is 0. The number of carbonyl (C=O) groups excluding carboxylic acids is 1. The maximum atomic E-state index is 12.2. The van der Waals surface area contributed by atoms with Gasteiger partial charge in [-0.1, -0.05) is 18.2 Å². The van der Waals surface area contributed by atoms with Gasteiger partial charge in [0.1, 0.15) is 0 Å². The molecular weight excluding hydrogens is 274 g/mol. The quantitative estimate of drug-likeness (QED) is 0.720. The lowest BCUT2D eigenvalue weighted by molar-refractivity contribution is -0.991. The lowest BCUT2D eigenvalue weighted by atomic mass is 10.1. The summed E-state index contributed by atoms with van der Waals surface area (Å²) in [7, 11) is 0. The number of hydroxylamine groups is 1. The van der Waals surface area contributed by atoms with Crippen molar-refractivity contribution in [2.75, 3.05) is 5.06 Å². The molecule has 1 heterocycles. The van der Waals surface area contributed by atoms with E-state index in [9.17, 15) is 15.2 Å². The number of rotatable bonds is 2. The van der Waals surface area contributed by atoms with Crippen LogP contribution >= 0.6 is 0 Å². The molecule has 3 N–H and O–H groups in total. The molecule has 0 spiro atoms. The molecule has 3 rings (SSSR count). The van der Waals surface area contributed by atoms with Crippen molar-refractivity contribution in [1.29, 1.82) is 0 Å². The normalized spacial score (nSPS) is 14.6. The van der Waals surface area contributed by atoms with Crippen molar-refractivity contribution in [1.82, 2.24) is 0 Å². The Morgan fingerprint density at radius 3 is 2.52 bits per heavy atom. The number of aliphatic imine (C=N–C) groups is 1. The monoisotopic (exact) mass is 285 g/mol. The van der Waals surface area contributed by atoms with Crippen LogP contribution in [-0.4, -0.2) is 22.0 Å². The van der Waals surface area contributed by atoms with Crippen LogP contribution in [-0.2, 0) is 0 Å². The van der Waals surface area contributed by atoms with Crippen LogP contribution in [0.3, 0.4) is 0 Å². The highest BCUT2D eigenvalue weighted by atomic mass is 16.8. The number of benzene rings is 2. The van der Waals surface area contributed by atoms with Gasteiger partial charge in [-0.2, -0.15) is 5.23 Å². The summed E-state index contributed by atoms with van der Waals surface area (Å²) in [5.74, 6) is -0.605. The zero-order valence-corrected chi connectivity index (χ0v) is 10.7. The van der Waals surface area contributed by atoms with E-state index in [0.717, 1.165) is 0 Å². The van der Waals surface area contributed by atoms with E-state index in [0.29, 0.717) is 10.8 Å². The smallest absolute Gasteiger partial charge is 0.232 e. The summed E-state index contributed by atoms with van der Waals surface area (Å²) in [5.41, 5.74) is 0.946. The van der Waals surface area contributed by atoms with Gasteiger partial charge < -0.3 is 5.21 Å². The summed E-state index contributed by atoms with van der Waals surface area (Å²) in [4.78, 5) is 16.2. The first kappa shape index (κ1) is 13.4. The molecule has 0 bridgehead atoms. The van der Waals surface area contributed by atoms with Crippen LogP contribution in [0.2, 0.25) is 0 Å². The van der Waals surface area contributed by atoms with E-state index in [4.69, 9.17) is 5.21 Å². The van der Waals surface area contributed by atoms with Crippen LogP contribution in [0, 0.1) is 5.21 Å². The third-order valence-corrected chi connectivity index (χ3v) is 3.12. The topological polar surface area (TPSA) is 101 Å². The summed E-state index contributed by atoms with van der Waals surface area (Å²) in [6.45, 7) is 0. The Morgan fingerprint density at radius 1 is 1.14 bits per heavy atom. The molecule has 0 aromatic heterocycles. The minimum Gasteiger partial charge on any atom is -0.595 e. The van der Waals surface area contributed by atoms with Gasteiger partial charge in [-0.05, 0) is 18.2 Å². The van der Waals surface area contributed by atoms with Crippen molar-refractivity contribution in [3.63, 3.8) is 0 Å². The highest BCUT2D eigenvalue weighted by molar-refractivity contribution is 6.52. The van der Waals surface area contributed by atoms with Crippen molar-refractivity contribution in [3.05, 3.63) is 59.3 Å². The minimum atomic E-state index is -1.10. The van der Waals surface area contributed by atoms with Crippen molar-refractivity contribution in [2.45, 2.75) is 0 Å². The second-order valence-electron chi connectivity index (χ2n) is 4.45. The van der Waals surface area contributed by atoms with E-state index in [1.165, 1.54) is 18.2 Å². The SMILES string of the molecule is O=C1C(N(O)c2ccccc2)=Nc2cc([NH+]([O-])O)ccc21. The van der Waals surface area contributed by atoms with Gasteiger partial charge in [-0.25, -0.2) is 15.3 Å². The van der Waals surface area contributed by atoms with Gasteiger partial charge in [-0.15, -0.1) is 0 Å². The fraction of sp³-hybridized carbons (Fsp3) is 0. The van der Waals surface area contributed by atoms with E-state index in [1.807, 2.05) is 0 Å². The maximum absolute atomic E-state index is 12.2. The average molecular weight is 285 g/mol. The van der Waals surface area contributed by atoms with Gasteiger partial charge in [0.15, 0.2) is 5.69 Å². The Balaban J connectivity index is 1.98. The molecule has 1 unspecified atom stereocenters. The van der Waals surface area contributed by atoms with Crippen molar-refractivity contribution < 1.29 is 20.4 Å². The fourth-order valence-corrected chi connectivity index (χ4v) is 2.07. The molecule has 0 aliphatic carbocycles. The number of para-hydroxylation sites is 1. The Morgan fingerprint density at radius 2 is 1.86 bits per heavy atom. The first-order valence-electron chi connectivity index (χ1n) is 6.12. The number of anilines is 1. The molecule has 0 radical (unpaired) electrons. The molecule has 106 valence electrons. The third kappa shape index (κ3) is 2.30. The summed E-state index contributed by atoms with van der Waals surface area (Å²) >= 11 is 0. The first-order chi connectivity index (χ1) is 10.1. The Kier molecular flexibility index (Phi) is 3.24. The molecule has 2 aromatic carbocycles. The number of amidine groups is 1. The average Bonchev–Trinajstić information content (AvgIpc) is 2.84. The van der Waals surface area contributed by atoms with Crippen LogP contribution in [0.25, 0.3) is 0 Å². The molecule has 0 saturated carbocycles. The summed E-state index contributed by atoms with van der Waals surface area (Å²) < 4.78 is 0. The number of carbonyl (C=O) groups is 1. The second kappa shape index (κ2) is 5.08. The van der Waals surface area contributed by atoms with E-state index >= 15 is 0 Å². The molecule has 1 aliphatic heterocycles. The largest absolute Gasteiger partial charge is 0.595 e. The number of hydrogen-bond acceptors (Lipinski definition) is 6. The van der Waals surface area contributed by atoms with Gasteiger partial charge >= 0.3 is 0 Å². The van der Waals surface area contributed by atoms with Crippen molar-refractivity contribution >= 4 is 28.7 Å². The molecule has 0 amide bonds. The highest BCUT2D eigenvalue weighted by Gasteiger charge is 2.30. The number of ketones is 1. The van der Waals surface area contributed by atoms with Gasteiger partial charge in [0.05, 0.1) is 16.9 Å². The van der Waals surface area contributed by atoms with Crippen LogP contribution in [0.4, 0.5) is 17.1 Å². The van der Waals surface area contributed by atoms with Gasteiger partial charge in [0.25, 0.3) is 0 Å². The number of nitrogens with one attached hydrogen (secondary N) is 1. The highest BCUT2D eigenvalue weighted by Crippen LogP contribution is 2.30. The number of nitrogens with zero attached hydrogens (tertiary/aromatic N) is 2.